The van der Waals surface area contributed by atoms with Crippen molar-refractivity contribution < 1.29 is 18.3 Å². The first-order valence-electron chi connectivity index (χ1n) is 7.05. The van der Waals surface area contributed by atoms with E-state index in [4.69, 9.17) is 4.74 Å². The van der Waals surface area contributed by atoms with Gasteiger partial charge in [-0.1, -0.05) is 24.3 Å². The van der Waals surface area contributed by atoms with E-state index in [0.29, 0.717) is 19.8 Å². The molecule has 0 saturated carbocycles. The summed E-state index contributed by atoms with van der Waals surface area (Å²) in [7, 11) is 0. The van der Waals surface area contributed by atoms with Crippen LogP contribution in [0.3, 0.4) is 0 Å². The highest BCUT2D eigenvalue weighted by molar-refractivity contribution is 5.82. The molecule has 1 aliphatic rings. The number of benzene rings is 1. The quantitative estimate of drug-likeness (QED) is 0.842. The Morgan fingerprint density at radius 3 is 2.76 bits per heavy atom. The van der Waals surface area contributed by atoms with Gasteiger partial charge in [-0.25, -0.2) is 8.78 Å². The van der Waals surface area contributed by atoms with Gasteiger partial charge in [-0.2, -0.15) is 0 Å². The summed E-state index contributed by atoms with van der Waals surface area (Å²) in [5.41, 5.74) is 1.92. The number of halogens is 2. The van der Waals surface area contributed by atoms with Crippen LogP contribution < -0.4 is 10.6 Å². The molecule has 2 N–H and O–H groups in total. The zero-order chi connectivity index (χ0) is 15.3. The number of hydrogen-bond acceptors (Lipinski definition) is 3. The Labute approximate surface area is 122 Å². The van der Waals surface area contributed by atoms with E-state index < -0.39 is 30.8 Å². The summed E-state index contributed by atoms with van der Waals surface area (Å²) >= 11 is 0. The van der Waals surface area contributed by atoms with Crippen LogP contribution in [0.25, 0.3) is 0 Å². The van der Waals surface area contributed by atoms with Crippen LogP contribution >= 0.6 is 0 Å². The van der Waals surface area contributed by atoms with Crippen molar-refractivity contribution in [3.05, 3.63) is 35.4 Å². The van der Waals surface area contributed by atoms with Crippen LogP contribution in [0.4, 0.5) is 8.78 Å². The Morgan fingerprint density at radius 2 is 2.14 bits per heavy atom. The van der Waals surface area contributed by atoms with Crippen molar-refractivity contribution >= 4 is 5.91 Å². The Morgan fingerprint density at radius 1 is 1.43 bits per heavy atom. The third-order valence-corrected chi connectivity index (χ3v) is 3.46. The minimum atomic E-state index is -2.80. The number of carbonyl (C=O) groups is 1. The Kier molecular flexibility index (Phi) is 5.25. The third-order valence-electron chi connectivity index (χ3n) is 3.46. The standard InChI is InChI=1S/C15H20F2N2O2/c1-2-21-9-12-6-4-3-5-11(12)8-18-14(20)13-7-15(16,17)10-19-13/h3-6,13,19H,2,7-10H2,1H3,(H,18,20). The van der Waals surface area contributed by atoms with Gasteiger partial charge in [0.15, 0.2) is 0 Å². The molecule has 1 aromatic carbocycles. The molecule has 0 aliphatic carbocycles. The van der Waals surface area contributed by atoms with Gasteiger partial charge in [0.05, 0.1) is 19.2 Å². The lowest BCUT2D eigenvalue weighted by Crippen LogP contribution is -2.40. The molecular formula is C15H20F2N2O2. The van der Waals surface area contributed by atoms with Gasteiger partial charge >= 0.3 is 0 Å². The van der Waals surface area contributed by atoms with Crippen molar-refractivity contribution in [1.82, 2.24) is 10.6 Å². The van der Waals surface area contributed by atoms with Gasteiger partial charge in [-0.15, -0.1) is 0 Å². The summed E-state index contributed by atoms with van der Waals surface area (Å²) in [6.07, 6.45) is -0.445. The molecule has 2 rings (SSSR count). The molecule has 1 unspecified atom stereocenters. The number of alkyl halides is 2. The highest BCUT2D eigenvalue weighted by atomic mass is 19.3. The maximum Gasteiger partial charge on any atom is 0.262 e. The van der Waals surface area contributed by atoms with E-state index in [9.17, 15) is 13.6 Å². The molecular weight excluding hydrogens is 278 g/mol. The molecule has 1 atom stereocenters. The lowest BCUT2D eigenvalue weighted by molar-refractivity contribution is -0.123. The average molecular weight is 298 g/mol. The predicted octanol–water partition coefficient (Wildman–Crippen LogP) is 1.84. The van der Waals surface area contributed by atoms with Crippen LogP contribution in [-0.4, -0.2) is 31.0 Å². The van der Waals surface area contributed by atoms with Crippen LogP contribution in [-0.2, 0) is 22.7 Å². The number of carbonyl (C=O) groups excluding carboxylic acids is 1. The van der Waals surface area contributed by atoms with E-state index in [-0.39, 0.29) is 0 Å². The largest absolute Gasteiger partial charge is 0.377 e. The molecule has 1 aromatic rings. The van der Waals surface area contributed by atoms with Crippen molar-refractivity contribution in [2.45, 2.75) is 38.5 Å². The molecule has 1 aliphatic heterocycles. The zero-order valence-corrected chi connectivity index (χ0v) is 12.0. The van der Waals surface area contributed by atoms with Crippen LogP contribution in [0, 0.1) is 0 Å². The molecule has 21 heavy (non-hydrogen) atoms. The van der Waals surface area contributed by atoms with Crippen molar-refractivity contribution in [1.29, 1.82) is 0 Å². The summed E-state index contributed by atoms with van der Waals surface area (Å²) in [5.74, 6) is -3.19. The Hall–Kier alpha value is -1.53. The van der Waals surface area contributed by atoms with Gasteiger partial charge in [-0.05, 0) is 18.1 Å². The van der Waals surface area contributed by atoms with Crippen LogP contribution in [0.5, 0.6) is 0 Å². The molecule has 0 spiro atoms. The summed E-state index contributed by atoms with van der Waals surface area (Å²) < 4.78 is 31.5. The highest BCUT2D eigenvalue weighted by Crippen LogP contribution is 2.25. The highest BCUT2D eigenvalue weighted by Gasteiger charge is 2.42. The van der Waals surface area contributed by atoms with Crippen molar-refractivity contribution in [2.24, 2.45) is 0 Å². The van der Waals surface area contributed by atoms with E-state index in [1.165, 1.54) is 0 Å². The number of hydrogen-bond donors (Lipinski definition) is 2. The summed E-state index contributed by atoms with van der Waals surface area (Å²) in [4.78, 5) is 11.9. The summed E-state index contributed by atoms with van der Waals surface area (Å²) in [6, 6.07) is 6.78. The first-order valence-corrected chi connectivity index (χ1v) is 7.05. The molecule has 0 bridgehead atoms. The van der Waals surface area contributed by atoms with Crippen LogP contribution in [0.1, 0.15) is 24.5 Å². The lowest BCUT2D eigenvalue weighted by Gasteiger charge is -2.13. The maximum atomic E-state index is 13.1. The fourth-order valence-corrected chi connectivity index (χ4v) is 2.29. The number of nitrogens with one attached hydrogen (secondary N) is 2. The molecule has 1 heterocycles. The zero-order valence-electron chi connectivity index (χ0n) is 12.0. The van der Waals surface area contributed by atoms with E-state index in [2.05, 4.69) is 10.6 Å². The molecule has 4 nitrogen and oxygen atoms in total. The van der Waals surface area contributed by atoms with Gasteiger partial charge in [0, 0.05) is 19.6 Å². The van der Waals surface area contributed by atoms with Crippen LogP contribution in [0.2, 0.25) is 0 Å². The molecule has 1 amide bonds. The van der Waals surface area contributed by atoms with Gasteiger partial charge in [0.1, 0.15) is 0 Å². The van der Waals surface area contributed by atoms with Crippen molar-refractivity contribution in [3.63, 3.8) is 0 Å². The van der Waals surface area contributed by atoms with Crippen molar-refractivity contribution in [2.75, 3.05) is 13.2 Å². The van der Waals surface area contributed by atoms with Crippen LogP contribution in [0.15, 0.2) is 24.3 Å². The Bertz CT molecular complexity index is 494. The van der Waals surface area contributed by atoms with Crippen molar-refractivity contribution in [3.8, 4) is 0 Å². The predicted molar refractivity (Wildman–Crippen MR) is 75.0 cm³/mol. The average Bonchev–Trinajstić information content (AvgIpc) is 2.83. The second-order valence-corrected chi connectivity index (χ2v) is 5.12. The molecule has 116 valence electrons. The van der Waals surface area contributed by atoms with E-state index in [1.807, 2.05) is 31.2 Å². The smallest absolute Gasteiger partial charge is 0.262 e. The van der Waals surface area contributed by atoms with Gasteiger partial charge < -0.3 is 10.1 Å². The Balaban J connectivity index is 1.89. The van der Waals surface area contributed by atoms with Gasteiger partial charge in [0.25, 0.3) is 5.92 Å². The third kappa shape index (κ3) is 4.47. The number of ether oxygens (including phenoxy) is 1. The lowest BCUT2D eigenvalue weighted by atomic mass is 10.1. The fourth-order valence-electron chi connectivity index (χ4n) is 2.29. The maximum absolute atomic E-state index is 13.1. The molecule has 0 aromatic heterocycles. The first-order chi connectivity index (χ1) is 10.0. The monoisotopic (exact) mass is 298 g/mol. The summed E-state index contributed by atoms with van der Waals surface area (Å²) in [5, 5.41) is 5.25. The SMILES string of the molecule is CCOCc1ccccc1CNC(=O)C1CC(F)(F)CN1. The van der Waals surface area contributed by atoms with E-state index in [0.717, 1.165) is 11.1 Å². The second-order valence-electron chi connectivity index (χ2n) is 5.12. The molecule has 6 heteroatoms. The van der Waals surface area contributed by atoms with E-state index in [1.54, 1.807) is 0 Å². The summed E-state index contributed by atoms with van der Waals surface area (Å²) in [6.45, 7) is 2.87. The van der Waals surface area contributed by atoms with E-state index >= 15 is 0 Å². The minimum Gasteiger partial charge on any atom is -0.377 e. The second kappa shape index (κ2) is 6.95. The number of amides is 1. The number of rotatable bonds is 6. The molecule has 1 fully saturated rings. The minimum absolute atomic E-state index is 0.311. The van der Waals surface area contributed by atoms with Gasteiger partial charge in [0.2, 0.25) is 5.91 Å². The fraction of sp³-hybridized carbons (Fsp3) is 0.533. The van der Waals surface area contributed by atoms with Gasteiger partial charge in [-0.3, -0.25) is 10.1 Å². The first kappa shape index (κ1) is 15.9. The topological polar surface area (TPSA) is 50.4 Å². The molecule has 0 radical (unpaired) electrons. The molecule has 1 saturated heterocycles. The normalized spacial score (nSPS) is 20.4.